The molecule has 19 heavy (non-hydrogen) atoms. The lowest BCUT2D eigenvalue weighted by atomic mass is 10.2. The van der Waals surface area contributed by atoms with E-state index >= 15 is 0 Å². The van der Waals surface area contributed by atoms with Crippen LogP contribution < -0.4 is 9.64 Å². The van der Waals surface area contributed by atoms with E-state index in [1.54, 1.807) is 17.0 Å². The van der Waals surface area contributed by atoms with Crippen molar-refractivity contribution in [3.05, 3.63) is 41.6 Å². The number of nitrogens with zero attached hydrogens (tertiary/aromatic N) is 3. The van der Waals surface area contributed by atoms with Crippen LogP contribution >= 0.6 is 11.6 Å². The van der Waals surface area contributed by atoms with Gasteiger partial charge in [0.1, 0.15) is 12.1 Å². The molecule has 0 saturated heterocycles. The molecule has 0 spiro atoms. The fraction of sp³-hybridized carbons (Fsp3) is 0.231. The Kier molecular flexibility index (Phi) is 4.16. The molecule has 0 aliphatic carbocycles. The first kappa shape index (κ1) is 13.5. The maximum absolute atomic E-state index is 13.3. The first-order valence-corrected chi connectivity index (χ1v) is 6.12. The predicted molar refractivity (Wildman–Crippen MR) is 72.7 cm³/mol. The standard InChI is InChI=1S/C13H13ClFN3O/c1-3-18(10-6-4-5-9(15)7-10)13-11(19-2)12(14)16-8-17-13/h4-8H,3H2,1-2H3. The number of benzene rings is 1. The Morgan fingerprint density at radius 2 is 2.16 bits per heavy atom. The Balaban J connectivity index is 2.51. The van der Waals surface area contributed by atoms with E-state index in [2.05, 4.69) is 9.97 Å². The van der Waals surface area contributed by atoms with Crippen LogP contribution in [0.2, 0.25) is 5.15 Å². The molecule has 100 valence electrons. The largest absolute Gasteiger partial charge is 0.490 e. The first-order chi connectivity index (χ1) is 9.17. The molecule has 0 unspecified atom stereocenters. The van der Waals surface area contributed by atoms with Gasteiger partial charge in [0.15, 0.2) is 16.7 Å². The molecule has 0 fully saturated rings. The van der Waals surface area contributed by atoms with Crippen LogP contribution in [0.25, 0.3) is 0 Å². The second kappa shape index (κ2) is 5.84. The van der Waals surface area contributed by atoms with Gasteiger partial charge < -0.3 is 9.64 Å². The molecule has 0 aliphatic heterocycles. The Hall–Kier alpha value is -1.88. The maximum atomic E-state index is 13.3. The van der Waals surface area contributed by atoms with Gasteiger partial charge in [0.2, 0.25) is 0 Å². The van der Waals surface area contributed by atoms with Crippen LogP contribution in [0.1, 0.15) is 6.92 Å². The van der Waals surface area contributed by atoms with Crippen LogP contribution in [0, 0.1) is 5.82 Å². The Bertz CT molecular complexity index is 580. The van der Waals surface area contributed by atoms with Crippen molar-refractivity contribution in [1.29, 1.82) is 0 Å². The van der Waals surface area contributed by atoms with Gasteiger partial charge in [-0.1, -0.05) is 17.7 Å². The van der Waals surface area contributed by atoms with Crippen molar-refractivity contribution in [1.82, 2.24) is 9.97 Å². The van der Waals surface area contributed by atoms with Crippen LogP contribution in [0.4, 0.5) is 15.9 Å². The fourth-order valence-electron chi connectivity index (χ4n) is 1.81. The van der Waals surface area contributed by atoms with Crippen LogP contribution in [-0.2, 0) is 0 Å². The molecule has 1 heterocycles. The normalized spacial score (nSPS) is 10.3. The highest BCUT2D eigenvalue weighted by Gasteiger charge is 2.17. The van der Waals surface area contributed by atoms with Crippen molar-refractivity contribution >= 4 is 23.1 Å². The summed E-state index contributed by atoms with van der Waals surface area (Å²) >= 11 is 5.97. The smallest absolute Gasteiger partial charge is 0.199 e. The van der Waals surface area contributed by atoms with Crippen molar-refractivity contribution < 1.29 is 9.13 Å². The van der Waals surface area contributed by atoms with E-state index in [1.165, 1.54) is 25.6 Å². The van der Waals surface area contributed by atoms with Gasteiger partial charge in [-0.3, -0.25) is 0 Å². The molecule has 0 radical (unpaired) electrons. The SMILES string of the molecule is CCN(c1cccc(F)c1)c1ncnc(Cl)c1OC. The lowest BCUT2D eigenvalue weighted by Crippen LogP contribution is -2.18. The molecule has 0 atom stereocenters. The Morgan fingerprint density at radius 1 is 1.37 bits per heavy atom. The van der Waals surface area contributed by atoms with Crippen molar-refractivity contribution in [2.75, 3.05) is 18.6 Å². The highest BCUT2D eigenvalue weighted by atomic mass is 35.5. The number of methoxy groups -OCH3 is 1. The van der Waals surface area contributed by atoms with E-state index in [0.29, 0.717) is 23.8 Å². The van der Waals surface area contributed by atoms with Crippen molar-refractivity contribution in [3.8, 4) is 5.75 Å². The molecular weight excluding hydrogens is 269 g/mol. The topological polar surface area (TPSA) is 38.2 Å². The van der Waals surface area contributed by atoms with E-state index in [1.807, 2.05) is 6.92 Å². The van der Waals surface area contributed by atoms with E-state index in [-0.39, 0.29) is 11.0 Å². The zero-order chi connectivity index (χ0) is 13.8. The zero-order valence-electron chi connectivity index (χ0n) is 10.6. The van der Waals surface area contributed by atoms with Gasteiger partial charge in [-0.05, 0) is 25.1 Å². The van der Waals surface area contributed by atoms with Gasteiger partial charge in [-0.2, -0.15) is 0 Å². The highest BCUT2D eigenvalue weighted by Crippen LogP contribution is 2.35. The van der Waals surface area contributed by atoms with Gasteiger partial charge >= 0.3 is 0 Å². The van der Waals surface area contributed by atoms with Crippen molar-refractivity contribution in [2.45, 2.75) is 6.92 Å². The van der Waals surface area contributed by atoms with Gasteiger partial charge in [0, 0.05) is 12.2 Å². The second-order valence-electron chi connectivity index (χ2n) is 3.75. The molecule has 4 nitrogen and oxygen atoms in total. The summed E-state index contributed by atoms with van der Waals surface area (Å²) in [7, 11) is 1.49. The molecule has 6 heteroatoms. The first-order valence-electron chi connectivity index (χ1n) is 5.75. The summed E-state index contributed by atoms with van der Waals surface area (Å²) in [5.41, 5.74) is 0.676. The van der Waals surface area contributed by atoms with Crippen LogP contribution in [-0.4, -0.2) is 23.6 Å². The van der Waals surface area contributed by atoms with Gasteiger partial charge in [0.25, 0.3) is 0 Å². The van der Waals surface area contributed by atoms with Gasteiger partial charge in [0.05, 0.1) is 7.11 Å². The number of halogens is 2. The summed E-state index contributed by atoms with van der Waals surface area (Å²) in [6.45, 7) is 2.52. The average Bonchev–Trinajstić information content (AvgIpc) is 2.40. The number of anilines is 2. The van der Waals surface area contributed by atoms with E-state index in [4.69, 9.17) is 16.3 Å². The zero-order valence-corrected chi connectivity index (χ0v) is 11.4. The quantitative estimate of drug-likeness (QED) is 0.805. The molecular formula is C13H13ClFN3O. The summed E-state index contributed by atoms with van der Waals surface area (Å²) in [6.07, 6.45) is 1.35. The molecule has 1 aromatic heterocycles. The number of hydrogen-bond acceptors (Lipinski definition) is 4. The third-order valence-corrected chi connectivity index (χ3v) is 2.91. The van der Waals surface area contributed by atoms with Gasteiger partial charge in [-0.25, -0.2) is 14.4 Å². The number of aromatic nitrogens is 2. The summed E-state index contributed by atoms with van der Waals surface area (Å²) in [5, 5.41) is 0.224. The van der Waals surface area contributed by atoms with Crippen LogP contribution in [0.5, 0.6) is 5.75 Å². The molecule has 0 amide bonds. The van der Waals surface area contributed by atoms with Crippen LogP contribution in [0.3, 0.4) is 0 Å². The lowest BCUT2D eigenvalue weighted by Gasteiger charge is -2.23. The molecule has 2 rings (SSSR count). The molecule has 0 saturated carbocycles. The number of ether oxygens (including phenoxy) is 1. The molecule has 2 aromatic rings. The predicted octanol–water partition coefficient (Wildman–Crippen LogP) is 3.44. The van der Waals surface area contributed by atoms with E-state index < -0.39 is 0 Å². The minimum absolute atomic E-state index is 0.224. The molecule has 1 aromatic carbocycles. The van der Waals surface area contributed by atoms with Crippen molar-refractivity contribution in [2.24, 2.45) is 0 Å². The molecule has 0 N–H and O–H groups in total. The summed E-state index contributed by atoms with van der Waals surface area (Å²) in [6, 6.07) is 6.26. The van der Waals surface area contributed by atoms with Crippen molar-refractivity contribution in [3.63, 3.8) is 0 Å². The lowest BCUT2D eigenvalue weighted by molar-refractivity contribution is 0.411. The summed E-state index contributed by atoms with van der Waals surface area (Å²) in [4.78, 5) is 9.84. The number of hydrogen-bond donors (Lipinski definition) is 0. The molecule has 0 bridgehead atoms. The second-order valence-corrected chi connectivity index (χ2v) is 4.10. The Morgan fingerprint density at radius 3 is 2.79 bits per heavy atom. The monoisotopic (exact) mass is 281 g/mol. The summed E-state index contributed by atoms with van der Waals surface area (Å²) < 4.78 is 18.5. The fourth-order valence-corrected chi connectivity index (χ4v) is 2.02. The third-order valence-electron chi connectivity index (χ3n) is 2.64. The van der Waals surface area contributed by atoms with E-state index in [0.717, 1.165) is 0 Å². The van der Waals surface area contributed by atoms with Crippen LogP contribution in [0.15, 0.2) is 30.6 Å². The highest BCUT2D eigenvalue weighted by molar-refractivity contribution is 6.31. The Labute approximate surface area is 115 Å². The third kappa shape index (κ3) is 2.76. The summed E-state index contributed by atoms with van der Waals surface area (Å²) in [5.74, 6) is 0.570. The van der Waals surface area contributed by atoms with Gasteiger partial charge in [-0.15, -0.1) is 0 Å². The molecule has 0 aliphatic rings. The average molecular weight is 282 g/mol. The van der Waals surface area contributed by atoms with E-state index in [9.17, 15) is 4.39 Å². The minimum Gasteiger partial charge on any atom is -0.490 e. The minimum atomic E-state index is -0.310. The maximum Gasteiger partial charge on any atom is 0.199 e. The number of rotatable bonds is 4.